The molecule has 8 nitrogen and oxygen atoms in total. The Hall–Kier alpha value is -4.02. The van der Waals surface area contributed by atoms with Crippen LogP contribution in [0.5, 0.6) is 0 Å². The molecule has 0 bridgehead atoms. The number of anilines is 2. The van der Waals surface area contributed by atoms with Crippen molar-refractivity contribution in [3.8, 4) is 0 Å². The Morgan fingerprint density at radius 1 is 0.542 bits per heavy atom. The van der Waals surface area contributed by atoms with Crippen LogP contribution in [0.1, 0.15) is 143 Å². The van der Waals surface area contributed by atoms with E-state index in [4.69, 9.17) is 0 Å². The van der Waals surface area contributed by atoms with Gasteiger partial charge in [0.2, 0.25) is 0 Å². The lowest BCUT2D eigenvalue weighted by Gasteiger charge is -2.23. The molecule has 2 amide bonds. The van der Waals surface area contributed by atoms with Crippen LogP contribution in [0.2, 0.25) is 0 Å². The molecule has 0 radical (unpaired) electrons. The molecule has 10 heteroatoms. The van der Waals surface area contributed by atoms with Gasteiger partial charge in [-0.25, -0.2) is 9.59 Å². The van der Waals surface area contributed by atoms with E-state index in [0.717, 1.165) is 28.3 Å². The first-order valence-electron chi connectivity index (χ1n) is 15.8. The molecule has 0 saturated heterocycles. The smallest absolute Gasteiger partial charge is 0.337 e. The minimum absolute atomic E-state index is 0.0414. The van der Waals surface area contributed by atoms with E-state index in [9.17, 15) is 29.4 Å². The van der Waals surface area contributed by atoms with Crippen LogP contribution in [0.25, 0.3) is 10.8 Å². The van der Waals surface area contributed by atoms with E-state index in [1.54, 1.807) is 0 Å². The van der Waals surface area contributed by atoms with Crippen LogP contribution >= 0.6 is 31.9 Å². The van der Waals surface area contributed by atoms with Gasteiger partial charge >= 0.3 is 11.9 Å². The van der Waals surface area contributed by atoms with Gasteiger partial charge in [0.25, 0.3) is 11.8 Å². The summed E-state index contributed by atoms with van der Waals surface area (Å²) >= 11 is 6.72. The predicted octanol–water partition coefficient (Wildman–Crippen LogP) is 10.8. The molecule has 4 aromatic carbocycles. The molecule has 4 N–H and O–H groups in total. The summed E-state index contributed by atoms with van der Waals surface area (Å²) in [6.07, 6.45) is 0. The maximum absolute atomic E-state index is 14.4. The average Bonchev–Trinajstić information content (AvgIpc) is 2.99. The zero-order chi connectivity index (χ0) is 35.8. The molecule has 0 fully saturated rings. The quantitative estimate of drug-likeness (QED) is 0.127. The fraction of sp³-hybridized carbons (Fsp3) is 0.316. The number of hydrogen-bond donors (Lipinski definition) is 4. The van der Waals surface area contributed by atoms with Crippen LogP contribution in [0.3, 0.4) is 0 Å². The zero-order valence-corrected chi connectivity index (χ0v) is 31.4. The number of amides is 2. The Morgan fingerprint density at radius 3 is 1.27 bits per heavy atom. The summed E-state index contributed by atoms with van der Waals surface area (Å²) in [6.45, 7) is 16.1. The molecule has 0 saturated carbocycles. The van der Waals surface area contributed by atoms with Crippen molar-refractivity contribution in [1.82, 2.24) is 0 Å². The van der Waals surface area contributed by atoms with Gasteiger partial charge < -0.3 is 20.8 Å². The minimum Gasteiger partial charge on any atom is -0.478 e. The van der Waals surface area contributed by atoms with Crippen LogP contribution in [-0.2, 0) is 0 Å². The normalized spacial score (nSPS) is 11.5. The van der Waals surface area contributed by atoms with Crippen molar-refractivity contribution >= 4 is 77.8 Å². The van der Waals surface area contributed by atoms with E-state index in [1.165, 1.54) is 6.07 Å². The number of carboxylic acid groups (broad SMARTS) is 2. The summed E-state index contributed by atoms with van der Waals surface area (Å²) in [7, 11) is 0. The SMILES string of the molecule is CC(C)c1cccc(C(C)C)c1NC(=O)c1cc(Br)c(C(=O)Nc2c(C(C)C)cccc2C(C)C)c2c(C(=O)O)cc(Br)c(C(=O)O)c12. The Balaban J connectivity index is 2.07. The maximum Gasteiger partial charge on any atom is 0.337 e. The first-order chi connectivity index (χ1) is 22.5. The van der Waals surface area contributed by atoms with Crippen LogP contribution in [0, 0.1) is 0 Å². The summed E-state index contributed by atoms with van der Waals surface area (Å²) in [5.41, 5.74) is 3.90. The summed E-state index contributed by atoms with van der Waals surface area (Å²) < 4.78 is 0.0912. The van der Waals surface area contributed by atoms with Crippen LogP contribution in [-0.4, -0.2) is 34.0 Å². The molecule has 0 heterocycles. The molecule has 0 unspecified atom stereocenters. The molecule has 0 aromatic heterocycles. The van der Waals surface area contributed by atoms with E-state index in [1.807, 2.05) is 91.8 Å². The number of carboxylic acids is 2. The second kappa shape index (κ2) is 14.6. The fourth-order valence-corrected chi connectivity index (χ4v) is 7.30. The van der Waals surface area contributed by atoms with Crippen molar-refractivity contribution in [2.75, 3.05) is 10.6 Å². The first-order valence-corrected chi connectivity index (χ1v) is 17.4. The van der Waals surface area contributed by atoms with E-state index in [-0.39, 0.29) is 65.6 Å². The van der Waals surface area contributed by atoms with Gasteiger partial charge in [-0.15, -0.1) is 0 Å². The third-order valence-electron chi connectivity index (χ3n) is 8.45. The fourth-order valence-electron chi connectivity index (χ4n) is 6.10. The molecule has 0 aliphatic carbocycles. The number of carbonyl (C=O) groups excluding carboxylic acids is 2. The molecule has 48 heavy (non-hydrogen) atoms. The van der Waals surface area contributed by atoms with Crippen LogP contribution in [0.15, 0.2) is 57.5 Å². The minimum atomic E-state index is -1.40. The summed E-state index contributed by atoms with van der Waals surface area (Å²) in [5, 5.41) is 26.5. The van der Waals surface area contributed by atoms with Gasteiger partial charge in [-0.2, -0.15) is 0 Å². The highest BCUT2D eigenvalue weighted by Gasteiger charge is 2.31. The third-order valence-corrected chi connectivity index (χ3v) is 9.70. The van der Waals surface area contributed by atoms with Crippen molar-refractivity contribution in [1.29, 1.82) is 0 Å². The summed E-state index contributed by atoms with van der Waals surface area (Å²) in [5.74, 6) is -3.87. The number of nitrogens with one attached hydrogen (secondary N) is 2. The molecule has 0 atom stereocenters. The Kier molecular flexibility index (Phi) is 11.2. The van der Waals surface area contributed by atoms with Crippen molar-refractivity contribution in [3.05, 3.63) is 102 Å². The van der Waals surface area contributed by atoms with Gasteiger partial charge in [-0.3, -0.25) is 9.59 Å². The number of aromatic carboxylic acids is 2. The Morgan fingerprint density at radius 2 is 0.896 bits per heavy atom. The molecular weight excluding hydrogens is 740 g/mol. The van der Waals surface area contributed by atoms with Crippen molar-refractivity contribution in [2.45, 2.75) is 79.1 Å². The number of halogens is 2. The standard InChI is InChI=1S/C38H40Br2N2O6/c1-17(2)21-11-9-12-22(18(3)4)33(21)41-35(43)25-15-27(39)31(30-26(37(45)46)16-28(40)32(29(25)30)38(47)48)36(44)42-34-23(19(5)6)13-10-14-24(34)20(7)8/h9-20H,1-8H3,(H,41,43)(H,42,44)(H,45,46)(H,47,48). The molecular formula is C38H40Br2N2O6. The number of hydrogen-bond acceptors (Lipinski definition) is 4. The van der Waals surface area contributed by atoms with Crippen molar-refractivity contribution < 1.29 is 29.4 Å². The van der Waals surface area contributed by atoms with Gasteiger partial charge in [-0.1, -0.05) is 91.8 Å². The highest BCUT2D eigenvalue weighted by atomic mass is 79.9. The highest BCUT2D eigenvalue weighted by Crippen LogP contribution is 2.41. The van der Waals surface area contributed by atoms with Gasteiger partial charge in [0.1, 0.15) is 0 Å². The number of fused-ring (bicyclic) bond motifs is 1. The van der Waals surface area contributed by atoms with Crippen LogP contribution in [0.4, 0.5) is 11.4 Å². The monoisotopic (exact) mass is 778 g/mol. The number of para-hydroxylation sites is 2. The van der Waals surface area contributed by atoms with Gasteiger partial charge in [-0.05, 0) is 89.9 Å². The van der Waals surface area contributed by atoms with Crippen molar-refractivity contribution in [3.63, 3.8) is 0 Å². The Bertz CT molecular complexity index is 1910. The zero-order valence-electron chi connectivity index (χ0n) is 28.2. The molecule has 4 aromatic rings. The van der Waals surface area contributed by atoms with Gasteiger partial charge in [0, 0.05) is 36.7 Å². The van der Waals surface area contributed by atoms with Crippen molar-refractivity contribution in [2.24, 2.45) is 0 Å². The summed E-state index contributed by atoms with van der Waals surface area (Å²) in [4.78, 5) is 54.3. The summed E-state index contributed by atoms with van der Waals surface area (Å²) in [6, 6.07) is 14.1. The van der Waals surface area contributed by atoms with E-state index >= 15 is 0 Å². The topological polar surface area (TPSA) is 133 Å². The lowest BCUT2D eigenvalue weighted by molar-refractivity contribution is 0.0683. The average molecular weight is 781 g/mol. The van der Waals surface area contributed by atoms with Crippen LogP contribution < -0.4 is 10.6 Å². The molecule has 0 aliphatic rings. The second-order valence-electron chi connectivity index (χ2n) is 13.1. The molecule has 0 spiro atoms. The lowest BCUT2D eigenvalue weighted by Crippen LogP contribution is -2.21. The highest BCUT2D eigenvalue weighted by molar-refractivity contribution is 9.10. The Labute approximate surface area is 297 Å². The van der Waals surface area contributed by atoms with E-state index in [2.05, 4.69) is 42.5 Å². The third kappa shape index (κ3) is 7.05. The largest absolute Gasteiger partial charge is 0.478 e. The first kappa shape index (κ1) is 36.8. The molecule has 0 aliphatic heterocycles. The lowest BCUT2D eigenvalue weighted by atomic mass is 9.89. The number of carbonyl (C=O) groups is 4. The van der Waals surface area contributed by atoms with E-state index < -0.39 is 23.8 Å². The number of rotatable bonds is 10. The van der Waals surface area contributed by atoms with E-state index in [0.29, 0.717) is 11.4 Å². The second-order valence-corrected chi connectivity index (χ2v) is 14.8. The van der Waals surface area contributed by atoms with Gasteiger partial charge in [0.05, 0.1) is 16.7 Å². The molecule has 4 rings (SSSR count). The van der Waals surface area contributed by atoms with Gasteiger partial charge in [0.15, 0.2) is 0 Å². The predicted molar refractivity (Wildman–Crippen MR) is 198 cm³/mol. The maximum atomic E-state index is 14.4. The number of benzene rings is 4. The molecule has 252 valence electrons.